The summed E-state index contributed by atoms with van der Waals surface area (Å²) in [6.07, 6.45) is 0. The normalized spacial score (nSPS) is 17.0. The van der Waals surface area contributed by atoms with Gasteiger partial charge in [0.05, 0.1) is 35.4 Å². The third-order valence-corrected chi connectivity index (χ3v) is 10.7. The van der Waals surface area contributed by atoms with E-state index in [0.29, 0.717) is 48.6 Å². The van der Waals surface area contributed by atoms with Crippen LogP contribution in [-0.4, -0.2) is 43.4 Å². The molecule has 0 saturated carbocycles. The number of nitrogens with zero attached hydrogens (tertiary/aromatic N) is 7. The SMILES string of the molecule is COc1ccc(N2N=C(C(C)=O)S/C2=C2/SC(=Nc3nc(-c4c(C)n(C)n(-c5ccccc5)c4=O)cs3)N(c3ccccc3)C2=O)cc1. The van der Waals surface area contributed by atoms with Gasteiger partial charge in [0.15, 0.2) is 16.0 Å². The minimum atomic E-state index is -0.313. The van der Waals surface area contributed by atoms with Crippen LogP contribution in [0.1, 0.15) is 12.6 Å². The number of para-hydroxylation sites is 2. The number of Topliss-reactive ketones (excluding diaryl/α,β-unsaturated/α-hetero) is 1. The number of thiazole rings is 1. The first kappa shape index (κ1) is 31.4. The Morgan fingerprint density at radius 2 is 1.54 bits per heavy atom. The topological polar surface area (TPSA) is 114 Å². The van der Waals surface area contributed by atoms with Crippen molar-refractivity contribution >= 4 is 73.3 Å². The van der Waals surface area contributed by atoms with Gasteiger partial charge in [-0.25, -0.2) is 14.7 Å². The summed E-state index contributed by atoms with van der Waals surface area (Å²) >= 11 is 3.60. The number of ether oxygens (including phenoxy) is 1. The van der Waals surface area contributed by atoms with Gasteiger partial charge in [0, 0.05) is 25.0 Å². The number of aliphatic imine (C=N–C) groups is 1. The van der Waals surface area contributed by atoms with Gasteiger partial charge < -0.3 is 4.74 Å². The van der Waals surface area contributed by atoms with Crippen LogP contribution in [0.15, 0.2) is 115 Å². The van der Waals surface area contributed by atoms with Crippen LogP contribution >= 0.6 is 34.9 Å². The molecule has 0 radical (unpaired) electrons. The lowest BCUT2D eigenvalue weighted by Crippen LogP contribution is -2.29. The number of hydrogen-bond acceptors (Lipinski definition) is 11. The molecule has 1 amide bonds. The molecule has 0 unspecified atom stereocenters. The van der Waals surface area contributed by atoms with Gasteiger partial charge in [-0.15, -0.1) is 11.3 Å². The van der Waals surface area contributed by atoms with Crippen molar-refractivity contribution in [2.75, 3.05) is 17.0 Å². The van der Waals surface area contributed by atoms with Crippen LogP contribution in [0, 0.1) is 6.92 Å². The molecule has 3 aromatic carbocycles. The summed E-state index contributed by atoms with van der Waals surface area (Å²) in [6, 6.07) is 25.9. The molecule has 2 aliphatic heterocycles. The number of anilines is 2. The lowest BCUT2D eigenvalue weighted by molar-refractivity contribution is -0.113. The lowest BCUT2D eigenvalue weighted by Gasteiger charge is -2.17. The van der Waals surface area contributed by atoms with Crippen molar-refractivity contribution in [2.24, 2.45) is 17.1 Å². The highest BCUT2D eigenvalue weighted by Crippen LogP contribution is 2.46. The number of methoxy groups -OCH3 is 1. The van der Waals surface area contributed by atoms with Crippen LogP contribution in [0.2, 0.25) is 0 Å². The molecule has 0 spiro atoms. The van der Waals surface area contributed by atoms with Crippen LogP contribution in [0.5, 0.6) is 5.75 Å². The van der Waals surface area contributed by atoms with Gasteiger partial charge in [-0.1, -0.05) is 36.4 Å². The van der Waals surface area contributed by atoms with Crippen molar-refractivity contribution in [3.63, 3.8) is 0 Å². The van der Waals surface area contributed by atoms with Crippen molar-refractivity contribution < 1.29 is 14.3 Å². The predicted molar refractivity (Wildman–Crippen MR) is 194 cm³/mol. The second-order valence-electron chi connectivity index (χ2n) is 10.6. The Hall–Kier alpha value is -5.18. The lowest BCUT2D eigenvalue weighted by atomic mass is 10.2. The number of thioether (sulfide) groups is 2. The largest absolute Gasteiger partial charge is 0.497 e. The Bertz CT molecular complexity index is 2220. The number of amides is 1. The fraction of sp³-hybridized carbons (Fsp3) is 0.118. The van der Waals surface area contributed by atoms with Crippen LogP contribution < -0.4 is 20.2 Å². The molecule has 48 heavy (non-hydrogen) atoms. The van der Waals surface area contributed by atoms with E-state index in [-0.39, 0.29) is 22.3 Å². The molecular weight excluding hydrogens is 667 g/mol. The van der Waals surface area contributed by atoms with E-state index in [9.17, 15) is 14.4 Å². The van der Waals surface area contributed by atoms with E-state index in [1.807, 2.05) is 91.4 Å². The molecule has 0 aliphatic carbocycles. The van der Waals surface area contributed by atoms with Gasteiger partial charge in [-0.2, -0.15) is 10.1 Å². The van der Waals surface area contributed by atoms with Crippen LogP contribution in [0.25, 0.3) is 16.9 Å². The van der Waals surface area contributed by atoms with E-state index in [2.05, 4.69) is 5.10 Å². The van der Waals surface area contributed by atoms with E-state index in [4.69, 9.17) is 14.7 Å². The van der Waals surface area contributed by atoms with E-state index >= 15 is 0 Å². The summed E-state index contributed by atoms with van der Waals surface area (Å²) in [5, 5.41) is 9.49. The van der Waals surface area contributed by atoms with Crippen molar-refractivity contribution in [1.82, 2.24) is 14.3 Å². The summed E-state index contributed by atoms with van der Waals surface area (Å²) in [4.78, 5) is 51.8. The highest BCUT2D eigenvalue weighted by molar-refractivity contribution is 8.22. The summed E-state index contributed by atoms with van der Waals surface area (Å²) in [6.45, 7) is 3.33. The van der Waals surface area contributed by atoms with Gasteiger partial charge in [-0.05, 0) is 79.0 Å². The molecule has 1 fully saturated rings. The van der Waals surface area contributed by atoms with Gasteiger partial charge in [0.2, 0.25) is 5.13 Å². The summed E-state index contributed by atoms with van der Waals surface area (Å²) in [7, 11) is 3.42. The fourth-order valence-electron chi connectivity index (χ4n) is 5.23. The van der Waals surface area contributed by atoms with Gasteiger partial charge in [0.1, 0.15) is 15.7 Å². The highest BCUT2D eigenvalue weighted by atomic mass is 32.2. The number of hydrogen-bond donors (Lipinski definition) is 0. The Kier molecular flexibility index (Phi) is 8.37. The molecule has 11 nitrogen and oxygen atoms in total. The molecule has 0 bridgehead atoms. The first-order valence-electron chi connectivity index (χ1n) is 14.7. The van der Waals surface area contributed by atoms with Crippen LogP contribution in [0.3, 0.4) is 0 Å². The Morgan fingerprint density at radius 1 is 0.875 bits per heavy atom. The molecule has 5 aromatic rings. The maximum Gasteiger partial charge on any atom is 0.281 e. The average molecular weight is 694 g/mol. The zero-order valence-corrected chi connectivity index (χ0v) is 28.6. The smallest absolute Gasteiger partial charge is 0.281 e. The van der Waals surface area contributed by atoms with E-state index in [1.165, 1.54) is 34.9 Å². The summed E-state index contributed by atoms with van der Waals surface area (Å²) in [5.74, 6) is 0.141. The van der Waals surface area contributed by atoms with Crippen LogP contribution in [-0.2, 0) is 16.6 Å². The standard InChI is InChI=1S/C34H27N7O4S3/c1-20-27(30(43)41(38(20)3)24-13-9-6-10-14-24)26-19-46-33(35-26)36-34-39(22-11-7-5-8-12-22)31(44)28(47-34)32-40(37-29(48-32)21(2)42)23-15-17-25(45-4)18-16-23/h5-19H,1-4H3/b32-28+,36-34?. The Balaban J connectivity index is 1.30. The maximum absolute atomic E-state index is 14.2. The number of rotatable bonds is 7. The molecule has 14 heteroatoms. The zero-order chi connectivity index (χ0) is 33.5. The predicted octanol–water partition coefficient (Wildman–Crippen LogP) is 6.71. The zero-order valence-electron chi connectivity index (χ0n) is 26.1. The first-order valence-corrected chi connectivity index (χ1v) is 17.2. The third-order valence-electron chi connectivity index (χ3n) is 7.68. The van der Waals surface area contributed by atoms with Gasteiger partial charge in [-0.3, -0.25) is 24.0 Å². The highest BCUT2D eigenvalue weighted by Gasteiger charge is 2.41. The second kappa shape index (κ2) is 12.8. The van der Waals surface area contributed by atoms with Gasteiger partial charge >= 0.3 is 0 Å². The van der Waals surface area contributed by atoms with Crippen LogP contribution in [0.4, 0.5) is 16.5 Å². The summed E-state index contributed by atoms with van der Waals surface area (Å²) in [5.41, 5.74) is 3.59. The number of carbonyl (C=O) groups excluding carboxylic acids is 2. The average Bonchev–Trinajstić information content (AvgIpc) is 3.87. The molecule has 4 heterocycles. The fourth-order valence-corrected chi connectivity index (χ4v) is 8.03. The molecule has 7 rings (SSSR count). The van der Waals surface area contributed by atoms with Crippen molar-refractivity contribution in [3.8, 4) is 22.7 Å². The summed E-state index contributed by atoms with van der Waals surface area (Å²) < 4.78 is 8.73. The Labute approximate surface area is 287 Å². The van der Waals surface area contributed by atoms with E-state index in [1.54, 1.807) is 34.3 Å². The first-order chi connectivity index (χ1) is 23.2. The quantitative estimate of drug-likeness (QED) is 0.173. The molecular formula is C34H27N7O4S3. The molecule has 0 N–H and O–H groups in total. The molecule has 1 saturated heterocycles. The van der Waals surface area contributed by atoms with E-state index < -0.39 is 0 Å². The number of amidine groups is 1. The molecule has 0 atom stereocenters. The van der Waals surface area contributed by atoms with Crippen molar-refractivity contribution in [3.05, 3.63) is 116 Å². The number of hydrazone groups is 1. The Morgan fingerprint density at radius 3 is 2.19 bits per heavy atom. The minimum absolute atomic E-state index is 0.188. The van der Waals surface area contributed by atoms with Gasteiger partial charge in [0.25, 0.3) is 11.5 Å². The maximum atomic E-state index is 14.2. The third kappa shape index (κ3) is 5.57. The van der Waals surface area contributed by atoms with Crippen molar-refractivity contribution in [2.45, 2.75) is 13.8 Å². The van der Waals surface area contributed by atoms with Crippen molar-refractivity contribution in [1.29, 1.82) is 0 Å². The monoisotopic (exact) mass is 693 g/mol. The minimum Gasteiger partial charge on any atom is -0.497 e. The number of carbonyl (C=O) groups is 2. The molecule has 240 valence electrons. The number of aromatic nitrogens is 3. The second-order valence-corrected chi connectivity index (χ2v) is 13.4. The molecule has 2 aromatic heterocycles. The van der Waals surface area contributed by atoms with E-state index in [0.717, 1.165) is 23.1 Å². The molecule has 2 aliphatic rings. The number of ketones is 1. The number of benzene rings is 3.